The Morgan fingerprint density at radius 2 is 2.05 bits per heavy atom. The summed E-state index contributed by atoms with van der Waals surface area (Å²) in [4.78, 5) is 18.9. The monoisotopic (exact) mass is 292 g/mol. The van der Waals surface area contributed by atoms with Gasteiger partial charge < -0.3 is 5.11 Å². The standard InChI is InChI=1S/C14H13FN2O2S/c1-9-12(15)13(17-8-16-9)20-11(14(18)19)7-10-5-3-2-4-6-10/h2-6,8,11H,7H2,1H3,(H,18,19). The van der Waals surface area contributed by atoms with Gasteiger partial charge >= 0.3 is 5.97 Å². The SMILES string of the molecule is Cc1ncnc(SC(Cc2ccccc2)C(=O)O)c1F. The fourth-order valence-corrected chi connectivity index (χ4v) is 2.67. The molecule has 0 aliphatic rings. The average molecular weight is 292 g/mol. The lowest BCUT2D eigenvalue weighted by atomic mass is 10.1. The van der Waals surface area contributed by atoms with Gasteiger partial charge in [0.05, 0.1) is 5.69 Å². The second kappa shape index (κ2) is 6.47. The summed E-state index contributed by atoms with van der Waals surface area (Å²) in [6, 6.07) is 9.23. The van der Waals surface area contributed by atoms with Gasteiger partial charge in [-0.25, -0.2) is 14.4 Å². The summed E-state index contributed by atoms with van der Waals surface area (Å²) in [5.41, 5.74) is 1.10. The van der Waals surface area contributed by atoms with Gasteiger partial charge in [-0.15, -0.1) is 0 Å². The van der Waals surface area contributed by atoms with Gasteiger partial charge in [0.25, 0.3) is 0 Å². The third-order valence-corrected chi connectivity index (χ3v) is 3.89. The van der Waals surface area contributed by atoms with Crippen molar-refractivity contribution < 1.29 is 14.3 Å². The molecular formula is C14H13FN2O2S. The zero-order chi connectivity index (χ0) is 14.5. The van der Waals surface area contributed by atoms with Crippen LogP contribution in [0.2, 0.25) is 0 Å². The Kier molecular flexibility index (Phi) is 4.68. The Bertz CT molecular complexity index is 607. The van der Waals surface area contributed by atoms with Gasteiger partial charge in [0, 0.05) is 0 Å². The molecule has 0 fully saturated rings. The number of thioether (sulfide) groups is 1. The number of rotatable bonds is 5. The van der Waals surface area contributed by atoms with Crippen molar-refractivity contribution in [1.29, 1.82) is 0 Å². The summed E-state index contributed by atoms with van der Waals surface area (Å²) in [6.45, 7) is 1.52. The summed E-state index contributed by atoms with van der Waals surface area (Å²) in [5, 5.41) is 8.55. The van der Waals surface area contributed by atoms with E-state index >= 15 is 0 Å². The summed E-state index contributed by atoms with van der Waals surface area (Å²) in [5.74, 6) is -1.55. The first-order valence-electron chi connectivity index (χ1n) is 5.98. The Hall–Kier alpha value is -1.95. The van der Waals surface area contributed by atoms with Crippen LogP contribution in [0.4, 0.5) is 4.39 Å². The first-order valence-corrected chi connectivity index (χ1v) is 6.86. The zero-order valence-electron chi connectivity index (χ0n) is 10.8. The molecule has 4 nitrogen and oxygen atoms in total. The quantitative estimate of drug-likeness (QED) is 0.678. The molecule has 1 N–H and O–H groups in total. The van der Waals surface area contributed by atoms with Crippen LogP contribution >= 0.6 is 11.8 Å². The molecule has 0 radical (unpaired) electrons. The minimum absolute atomic E-state index is 0.0702. The molecule has 1 aromatic heterocycles. The first kappa shape index (κ1) is 14.5. The number of halogens is 1. The third kappa shape index (κ3) is 3.54. The van der Waals surface area contributed by atoms with Gasteiger partial charge in [-0.1, -0.05) is 42.1 Å². The largest absolute Gasteiger partial charge is 0.480 e. The normalized spacial score (nSPS) is 12.1. The van der Waals surface area contributed by atoms with Crippen LogP contribution in [0.5, 0.6) is 0 Å². The minimum atomic E-state index is -0.991. The van der Waals surface area contributed by atoms with Gasteiger partial charge in [0.15, 0.2) is 5.82 Å². The van der Waals surface area contributed by atoms with E-state index < -0.39 is 17.0 Å². The molecule has 0 bridgehead atoms. The summed E-state index contributed by atoms with van der Waals surface area (Å²) in [7, 11) is 0. The molecular weight excluding hydrogens is 279 g/mol. The maximum atomic E-state index is 13.8. The number of aryl methyl sites for hydroxylation is 1. The minimum Gasteiger partial charge on any atom is -0.480 e. The highest BCUT2D eigenvalue weighted by Crippen LogP contribution is 2.27. The number of carbonyl (C=O) groups is 1. The van der Waals surface area contributed by atoms with E-state index in [4.69, 9.17) is 0 Å². The van der Waals surface area contributed by atoms with Crippen LogP contribution in [0.1, 0.15) is 11.3 Å². The lowest BCUT2D eigenvalue weighted by molar-refractivity contribution is -0.136. The van der Waals surface area contributed by atoms with Crippen LogP contribution in [0.3, 0.4) is 0 Å². The molecule has 104 valence electrons. The Morgan fingerprint density at radius 1 is 1.35 bits per heavy atom. The number of benzene rings is 1. The van der Waals surface area contributed by atoms with E-state index in [1.54, 1.807) is 0 Å². The van der Waals surface area contributed by atoms with Crippen LogP contribution in [-0.2, 0) is 11.2 Å². The molecule has 1 aromatic carbocycles. The highest BCUT2D eigenvalue weighted by molar-refractivity contribution is 8.00. The molecule has 0 spiro atoms. The van der Waals surface area contributed by atoms with E-state index in [1.165, 1.54) is 13.3 Å². The predicted octanol–water partition coefficient (Wildman–Crippen LogP) is 2.71. The van der Waals surface area contributed by atoms with Crippen molar-refractivity contribution in [1.82, 2.24) is 9.97 Å². The number of aliphatic carboxylic acids is 1. The Labute approximate surface area is 120 Å². The molecule has 0 aliphatic heterocycles. The van der Waals surface area contributed by atoms with Crippen molar-refractivity contribution in [2.24, 2.45) is 0 Å². The van der Waals surface area contributed by atoms with E-state index in [1.807, 2.05) is 30.3 Å². The molecule has 0 aliphatic carbocycles. The molecule has 20 heavy (non-hydrogen) atoms. The second-order valence-corrected chi connectivity index (χ2v) is 5.40. The summed E-state index contributed by atoms with van der Waals surface area (Å²) >= 11 is 0.907. The van der Waals surface area contributed by atoms with Crippen molar-refractivity contribution in [3.63, 3.8) is 0 Å². The van der Waals surface area contributed by atoms with Gasteiger partial charge in [0.1, 0.15) is 16.6 Å². The van der Waals surface area contributed by atoms with Crippen LogP contribution in [0, 0.1) is 12.7 Å². The molecule has 2 aromatic rings. The number of hydrogen-bond acceptors (Lipinski definition) is 4. The van der Waals surface area contributed by atoms with Crippen molar-refractivity contribution in [2.75, 3.05) is 0 Å². The molecule has 1 atom stereocenters. The predicted molar refractivity (Wildman–Crippen MR) is 74.2 cm³/mol. The topological polar surface area (TPSA) is 63.1 Å². The number of carboxylic acids is 1. The average Bonchev–Trinajstić information content (AvgIpc) is 2.44. The van der Waals surface area contributed by atoms with Crippen LogP contribution in [0.25, 0.3) is 0 Å². The first-order chi connectivity index (χ1) is 9.58. The van der Waals surface area contributed by atoms with E-state index in [2.05, 4.69) is 9.97 Å². The fourth-order valence-electron chi connectivity index (χ4n) is 1.66. The van der Waals surface area contributed by atoms with Crippen molar-refractivity contribution in [3.8, 4) is 0 Å². The highest BCUT2D eigenvalue weighted by atomic mass is 32.2. The van der Waals surface area contributed by atoms with E-state index in [0.717, 1.165) is 17.3 Å². The number of hydrogen-bond donors (Lipinski definition) is 1. The second-order valence-electron chi connectivity index (χ2n) is 4.21. The van der Waals surface area contributed by atoms with Gasteiger partial charge in [0.2, 0.25) is 0 Å². The van der Waals surface area contributed by atoms with Crippen LogP contribution < -0.4 is 0 Å². The van der Waals surface area contributed by atoms with E-state index in [9.17, 15) is 14.3 Å². The van der Waals surface area contributed by atoms with Crippen molar-refractivity contribution in [3.05, 3.63) is 53.7 Å². The Balaban J connectivity index is 2.18. The number of carboxylic acid groups (broad SMARTS) is 1. The molecule has 1 heterocycles. The van der Waals surface area contributed by atoms with E-state index in [-0.39, 0.29) is 10.7 Å². The lowest BCUT2D eigenvalue weighted by Crippen LogP contribution is -2.19. The van der Waals surface area contributed by atoms with E-state index in [0.29, 0.717) is 6.42 Å². The highest BCUT2D eigenvalue weighted by Gasteiger charge is 2.22. The molecule has 6 heteroatoms. The molecule has 0 saturated carbocycles. The van der Waals surface area contributed by atoms with Crippen molar-refractivity contribution >= 4 is 17.7 Å². The number of nitrogens with zero attached hydrogens (tertiary/aromatic N) is 2. The smallest absolute Gasteiger partial charge is 0.317 e. The number of aromatic nitrogens is 2. The maximum absolute atomic E-state index is 13.8. The lowest BCUT2D eigenvalue weighted by Gasteiger charge is -2.12. The van der Waals surface area contributed by atoms with Gasteiger partial charge in [-0.05, 0) is 18.9 Å². The summed E-state index contributed by atoms with van der Waals surface area (Å²) < 4.78 is 13.8. The van der Waals surface area contributed by atoms with Gasteiger partial charge in [-0.3, -0.25) is 4.79 Å². The molecule has 0 amide bonds. The third-order valence-electron chi connectivity index (χ3n) is 2.73. The summed E-state index contributed by atoms with van der Waals surface area (Å²) in [6.07, 6.45) is 1.55. The van der Waals surface area contributed by atoms with Crippen LogP contribution in [0.15, 0.2) is 41.7 Å². The van der Waals surface area contributed by atoms with Gasteiger partial charge in [-0.2, -0.15) is 0 Å². The fraction of sp³-hybridized carbons (Fsp3) is 0.214. The van der Waals surface area contributed by atoms with Crippen LogP contribution in [-0.4, -0.2) is 26.3 Å². The molecule has 1 unspecified atom stereocenters. The molecule has 0 saturated heterocycles. The molecule has 2 rings (SSSR count). The van der Waals surface area contributed by atoms with Crippen molar-refractivity contribution in [2.45, 2.75) is 23.6 Å². The maximum Gasteiger partial charge on any atom is 0.317 e. The zero-order valence-corrected chi connectivity index (χ0v) is 11.6. The Morgan fingerprint density at radius 3 is 2.70 bits per heavy atom.